The van der Waals surface area contributed by atoms with E-state index >= 15 is 0 Å². The Morgan fingerprint density at radius 3 is 2.70 bits per heavy atom. The van der Waals surface area contributed by atoms with Gasteiger partial charge in [0.15, 0.2) is 11.6 Å². The summed E-state index contributed by atoms with van der Waals surface area (Å²) >= 11 is 0. The zero-order chi connectivity index (χ0) is 19.2. The lowest BCUT2D eigenvalue weighted by Crippen LogP contribution is -2.49. The lowest BCUT2D eigenvalue weighted by atomic mass is 9.64. The predicted octanol–water partition coefficient (Wildman–Crippen LogP) is 3.16. The highest BCUT2D eigenvalue weighted by molar-refractivity contribution is 6.13. The minimum absolute atomic E-state index is 0.158. The summed E-state index contributed by atoms with van der Waals surface area (Å²) in [4.78, 5) is 19.1. The number of hydrogen-bond acceptors (Lipinski definition) is 7. The van der Waals surface area contributed by atoms with Crippen LogP contribution >= 0.6 is 0 Å². The highest BCUT2D eigenvalue weighted by Gasteiger charge is 2.62. The van der Waals surface area contributed by atoms with Crippen molar-refractivity contribution in [1.82, 2.24) is 10.3 Å². The SMILES string of the molecule is CCOC(=O)[C@@H]1C(c2ccc(C)cc2)=NO[C@@]12CC(C)(C)Cc1nonc12. The van der Waals surface area contributed by atoms with Crippen LogP contribution in [0, 0.1) is 18.3 Å². The lowest BCUT2D eigenvalue weighted by molar-refractivity contribution is -0.160. The fourth-order valence-corrected chi connectivity index (χ4v) is 4.20. The average molecular weight is 369 g/mol. The molecule has 7 heteroatoms. The molecule has 2 aromatic rings. The van der Waals surface area contributed by atoms with Gasteiger partial charge >= 0.3 is 5.97 Å². The Morgan fingerprint density at radius 1 is 1.26 bits per heavy atom. The Kier molecular flexibility index (Phi) is 4.05. The van der Waals surface area contributed by atoms with Gasteiger partial charge in [0.25, 0.3) is 0 Å². The van der Waals surface area contributed by atoms with Crippen molar-refractivity contribution in [2.24, 2.45) is 16.5 Å². The smallest absolute Gasteiger partial charge is 0.319 e. The van der Waals surface area contributed by atoms with Gasteiger partial charge in [0.1, 0.15) is 11.4 Å². The van der Waals surface area contributed by atoms with E-state index in [1.807, 2.05) is 31.2 Å². The van der Waals surface area contributed by atoms with Crippen LogP contribution in [0.3, 0.4) is 0 Å². The molecule has 1 aromatic carbocycles. The molecular weight excluding hydrogens is 346 g/mol. The molecule has 1 aromatic heterocycles. The van der Waals surface area contributed by atoms with Gasteiger partial charge in [-0.1, -0.05) is 59.1 Å². The molecule has 0 amide bonds. The molecule has 2 atom stereocenters. The fraction of sp³-hybridized carbons (Fsp3) is 0.500. The average Bonchev–Trinajstić information content (AvgIpc) is 3.20. The summed E-state index contributed by atoms with van der Waals surface area (Å²) in [5.74, 6) is -1.11. The second-order valence-corrected chi connectivity index (χ2v) is 8.09. The minimum atomic E-state index is -1.07. The minimum Gasteiger partial charge on any atom is -0.465 e. The van der Waals surface area contributed by atoms with Crippen LogP contribution in [-0.2, 0) is 26.4 Å². The number of rotatable bonds is 3. The first kappa shape index (κ1) is 17.7. The molecule has 0 unspecified atom stereocenters. The van der Waals surface area contributed by atoms with Gasteiger partial charge in [0.2, 0.25) is 5.60 Å². The Bertz CT molecular complexity index is 900. The second-order valence-electron chi connectivity index (χ2n) is 8.09. The number of esters is 1. The van der Waals surface area contributed by atoms with Crippen LogP contribution in [0.2, 0.25) is 0 Å². The third kappa shape index (κ3) is 2.81. The van der Waals surface area contributed by atoms with Crippen LogP contribution in [-0.4, -0.2) is 28.6 Å². The maximum atomic E-state index is 13.1. The van der Waals surface area contributed by atoms with E-state index in [2.05, 4.69) is 29.3 Å². The molecule has 1 aliphatic heterocycles. The van der Waals surface area contributed by atoms with E-state index < -0.39 is 11.5 Å². The normalized spacial score (nSPS) is 25.6. The van der Waals surface area contributed by atoms with Gasteiger partial charge in [-0.15, -0.1) is 0 Å². The molecular formula is C20H23N3O4. The van der Waals surface area contributed by atoms with Crippen molar-refractivity contribution >= 4 is 11.7 Å². The van der Waals surface area contributed by atoms with Crippen molar-refractivity contribution in [3.05, 3.63) is 46.8 Å². The zero-order valence-corrected chi connectivity index (χ0v) is 16.0. The van der Waals surface area contributed by atoms with Gasteiger partial charge in [-0.3, -0.25) is 4.79 Å². The molecule has 27 heavy (non-hydrogen) atoms. The molecule has 2 heterocycles. The molecule has 7 nitrogen and oxygen atoms in total. The molecule has 0 fully saturated rings. The van der Waals surface area contributed by atoms with E-state index in [9.17, 15) is 4.79 Å². The Morgan fingerprint density at radius 2 is 2.00 bits per heavy atom. The fourth-order valence-electron chi connectivity index (χ4n) is 4.20. The van der Waals surface area contributed by atoms with Gasteiger partial charge in [0.05, 0.1) is 6.61 Å². The van der Waals surface area contributed by atoms with Gasteiger partial charge in [-0.25, -0.2) is 4.63 Å². The number of carbonyl (C=O) groups is 1. The van der Waals surface area contributed by atoms with Crippen LogP contribution in [0.5, 0.6) is 0 Å². The number of oxime groups is 1. The highest BCUT2D eigenvalue weighted by Crippen LogP contribution is 2.53. The van der Waals surface area contributed by atoms with Crippen LogP contribution in [0.4, 0.5) is 0 Å². The quantitative estimate of drug-likeness (QED) is 0.773. The van der Waals surface area contributed by atoms with Crippen molar-refractivity contribution in [1.29, 1.82) is 0 Å². The molecule has 0 saturated carbocycles. The summed E-state index contributed by atoms with van der Waals surface area (Å²) < 4.78 is 10.4. The summed E-state index contributed by atoms with van der Waals surface area (Å²) in [6.07, 6.45) is 1.26. The number of benzene rings is 1. The van der Waals surface area contributed by atoms with Crippen LogP contribution in [0.1, 0.15) is 49.7 Å². The van der Waals surface area contributed by atoms with E-state index in [0.717, 1.165) is 11.1 Å². The van der Waals surface area contributed by atoms with Crippen LogP contribution in [0.25, 0.3) is 0 Å². The molecule has 0 saturated heterocycles. The van der Waals surface area contributed by atoms with Crippen molar-refractivity contribution in [2.45, 2.75) is 46.1 Å². The Hall–Kier alpha value is -2.70. The molecule has 142 valence electrons. The van der Waals surface area contributed by atoms with Crippen molar-refractivity contribution in [3.8, 4) is 0 Å². The topological polar surface area (TPSA) is 86.8 Å². The maximum absolute atomic E-state index is 13.1. The van der Waals surface area contributed by atoms with E-state index in [-0.39, 0.29) is 18.0 Å². The van der Waals surface area contributed by atoms with Crippen molar-refractivity contribution in [2.75, 3.05) is 6.61 Å². The highest BCUT2D eigenvalue weighted by atomic mass is 16.7. The van der Waals surface area contributed by atoms with Crippen LogP contribution in [0.15, 0.2) is 34.1 Å². The van der Waals surface area contributed by atoms with Gasteiger partial charge in [0, 0.05) is 18.4 Å². The number of hydrogen-bond donors (Lipinski definition) is 0. The number of carbonyl (C=O) groups excluding carboxylic acids is 1. The van der Waals surface area contributed by atoms with E-state index in [4.69, 9.17) is 14.2 Å². The van der Waals surface area contributed by atoms with E-state index in [1.165, 1.54) is 0 Å². The van der Waals surface area contributed by atoms with E-state index in [1.54, 1.807) is 6.92 Å². The molecule has 0 N–H and O–H groups in total. The van der Waals surface area contributed by atoms with Gasteiger partial charge in [-0.2, -0.15) is 0 Å². The summed E-state index contributed by atoms with van der Waals surface area (Å²) in [5, 5.41) is 12.5. The number of ether oxygens (including phenoxy) is 1. The van der Waals surface area contributed by atoms with E-state index in [0.29, 0.717) is 29.9 Å². The van der Waals surface area contributed by atoms with Crippen molar-refractivity contribution in [3.63, 3.8) is 0 Å². The number of fused-ring (bicyclic) bond motifs is 2. The summed E-state index contributed by atoms with van der Waals surface area (Å²) in [5.41, 5.74) is 2.55. The predicted molar refractivity (Wildman–Crippen MR) is 97.0 cm³/mol. The maximum Gasteiger partial charge on any atom is 0.319 e. The number of aryl methyl sites for hydroxylation is 1. The molecule has 0 bridgehead atoms. The largest absolute Gasteiger partial charge is 0.465 e. The Balaban J connectivity index is 1.85. The van der Waals surface area contributed by atoms with Crippen molar-refractivity contribution < 1.29 is 19.0 Å². The summed E-state index contributed by atoms with van der Waals surface area (Å²) in [6, 6.07) is 7.86. The molecule has 4 rings (SSSR count). The number of nitrogens with zero attached hydrogens (tertiary/aromatic N) is 3. The third-order valence-electron chi connectivity index (χ3n) is 5.26. The number of aromatic nitrogens is 2. The molecule has 0 radical (unpaired) electrons. The monoisotopic (exact) mass is 369 g/mol. The molecule has 1 spiro atoms. The lowest BCUT2D eigenvalue weighted by Gasteiger charge is -2.40. The standard InChI is InChI=1S/C20H23N3O4/c1-5-25-18(24)15-16(13-8-6-12(2)7-9-13)22-26-20(15)11-19(3,4)10-14-17(20)23-27-21-14/h6-9,15H,5,10-11H2,1-4H3/t15-,20-/m0/s1. The summed E-state index contributed by atoms with van der Waals surface area (Å²) in [7, 11) is 0. The summed E-state index contributed by atoms with van der Waals surface area (Å²) in [6.45, 7) is 8.30. The zero-order valence-electron chi connectivity index (χ0n) is 16.0. The third-order valence-corrected chi connectivity index (χ3v) is 5.26. The molecule has 2 aliphatic rings. The first-order valence-electron chi connectivity index (χ1n) is 9.18. The Labute approximate surface area is 157 Å². The van der Waals surface area contributed by atoms with Gasteiger partial charge in [-0.05, 0) is 19.3 Å². The second kappa shape index (κ2) is 6.18. The van der Waals surface area contributed by atoms with Gasteiger partial charge < -0.3 is 9.57 Å². The first-order chi connectivity index (χ1) is 12.9. The molecule has 1 aliphatic carbocycles. The van der Waals surface area contributed by atoms with Crippen LogP contribution < -0.4 is 0 Å². The first-order valence-corrected chi connectivity index (χ1v) is 9.18.